The molecular formula is C66H45N3Si. The van der Waals surface area contributed by atoms with Gasteiger partial charge in [0.1, 0.15) is 0 Å². The molecular weight excluding hydrogens is 863 g/mol. The van der Waals surface area contributed by atoms with E-state index in [1.54, 1.807) is 0 Å². The molecule has 0 saturated heterocycles. The summed E-state index contributed by atoms with van der Waals surface area (Å²) in [7, 11) is -2.86. The van der Waals surface area contributed by atoms with Crippen molar-refractivity contribution in [3.63, 3.8) is 0 Å². The van der Waals surface area contributed by atoms with Crippen LogP contribution in [0.2, 0.25) is 0 Å². The van der Waals surface area contributed by atoms with E-state index in [2.05, 4.69) is 287 Å². The Bertz CT molecular complexity index is 4110. The van der Waals surface area contributed by atoms with Crippen molar-refractivity contribution in [2.75, 3.05) is 0 Å². The van der Waals surface area contributed by atoms with Gasteiger partial charge in [0.15, 0.2) is 8.07 Å². The van der Waals surface area contributed by atoms with Crippen molar-refractivity contribution in [2.45, 2.75) is 0 Å². The van der Waals surface area contributed by atoms with Crippen LogP contribution in [0.3, 0.4) is 0 Å². The Kier molecular flexibility index (Phi) is 9.23. The van der Waals surface area contributed by atoms with Gasteiger partial charge in [-0.3, -0.25) is 0 Å². The highest BCUT2D eigenvalue weighted by Crippen LogP contribution is 2.41. The molecule has 0 aliphatic carbocycles. The second-order valence-corrected chi connectivity index (χ2v) is 22.2. The quantitative estimate of drug-likeness (QED) is 0.107. The molecule has 3 aromatic heterocycles. The Hall–Kier alpha value is -8.96. The minimum Gasteiger partial charge on any atom is -0.309 e. The normalized spacial score (nSPS) is 12.0. The zero-order valence-electron chi connectivity index (χ0n) is 38.3. The van der Waals surface area contributed by atoms with E-state index in [4.69, 9.17) is 0 Å². The summed E-state index contributed by atoms with van der Waals surface area (Å²) in [4.78, 5) is 0. The van der Waals surface area contributed by atoms with Gasteiger partial charge in [0.25, 0.3) is 0 Å². The number of para-hydroxylation sites is 4. The molecule has 328 valence electrons. The fourth-order valence-corrected chi connectivity index (χ4v) is 16.6. The maximum atomic E-state index is 2.55. The molecule has 0 N–H and O–H groups in total. The summed E-state index contributed by atoms with van der Waals surface area (Å²) in [6.07, 6.45) is 0. The third-order valence-electron chi connectivity index (χ3n) is 14.8. The van der Waals surface area contributed by atoms with Gasteiger partial charge in [0.05, 0.1) is 38.8 Å². The van der Waals surface area contributed by atoms with Crippen molar-refractivity contribution < 1.29 is 0 Å². The van der Waals surface area contributed by atoms with E-state index >= 15 is 0 Å². The van der Waals surface area contributed by atoms with Crippen LogP contribution < -0.4 is 20.7 Å². The zero-order valence-corrected chi connectivity index (χ0v) is 39.3. The fraction of sp³-hybridized carbons (Fsp3) is 0. The molecule has 3 nitrogen and oxygen atoms in total. The van der Waals surface area contributed by atoms with E-state index < -0.39 is 8.07 Å². The summed E-state index contributed by atoms with van der Waals surface area (Å²) in [6, 6.07) is 101. The lowest BCUT2D eigenvalue weighted by atomic mass is 10.1. The molecule has 0 atom stereocenters. The summed E-state index contributed by atoms with van der Waals surface area (Å²) < 4.78 is 7.48. The molecule has 0 bridgehead atoms. The molecule has 0 spiro atoms. The van der Waals surface area contributed by atoms with Crippen LogP contribution >= 0.6 is 0 Å². The van der Waals surface area contributed by atoms with Crippen LogP contribution in [0.1, 0.15) is 0 Å². The molecule has 0 saturated carbocycles. The number of rotatable bonds is 8. The third-order valence-corrected chi connectivity index (χ3v) is 19.6. The van der Waals surface area contributed by atoms with Gasteiger partial charge >= 0.3 is 0 Å². The largest absolute Gasteiger partial charge is 0.309 e. The number of hydrogen-bond donors (Lipinski definition) is 0. The minimum absolute atomic E-state index is 1.12. The van der Waals surface area contributed by atoms with Gasteiger partial charge < -0.3 is 13.7 Å². The predicted octanol–water partition coefficient (Wildman–Crippen LogP) is 14.0. The molecule has 0 radical (unpaired) electrons. The van der Waals surface area contributed by atoms with Gasteiger partial charge in [-0.2, -0.15) is 0 Å². The average Bonchev–Trinajstić information content (AvgIpc) is 4.08. The molecule has 0 aliphatic heterocycles. The van der Waals surface area contributed by atoms with Crippen molar-refractivity contribution in [1.82, 2.24) is 13.7 Å². The molecule has 0 fully saturated rings. The van der Waals surface area contributed by atoms with Gasteiger partial charge in [-0.25, -0.2) is 0 Å². The summed E-state index contributed by atoms with van der Waals surface area (Å²) in [5, 5.41) is 12.8. The lowest BCUT2D eigenvalue weighted by Crippen LogP contribution is -2.74. The van der Waals surface area contributed by atoms with Crippen LogP contribution in [0.15, 0.2) is 273 Å². The summed E-state index contributed by atoms with van der Waals surface area (Å²) in [6.45, 7) is 0. The highest BCUT2D eigenvalue weighted by Gasteiger charge is 2.41. The average molecular weight is 908 g/mol. The van der Waals surface area contributed by atoms with Crippen molar-refractivity contribution >= 4 is 94.2 Å². The lowest BCUT2D eigenvalue weighted by Gasteiger charge is -2.34. The van der Waals surface area contributed by atoms with Crippen LogP contribution in [-0.4, -0.2) is 21.8 Å². The Labute approximate surface area is 407 Å². The smallest absolute Gasteiger partial charge is 0.179 e. The minimum atomic E-state index is -2.86. The standard InChI is InChI=1S/C66H45N3Si/c1-5-20-46(21-6-1)47-36-38-48(39-37-47)68-62-34-18-15-30-56(62)58-31-19-35-64(66(58)68)69-63-43-41-53(70(50-22-7-2-8-23-50,51-24-9-3-10-25-51)52-26-11-4-12-27-52)45-59(63)57-42-40-49(44-65(57)69)67-60-32-16-13-28-54(60)55-29-14-17-33-61(55)67/h1-45H. The Morgan fingerprint density at radius 1 is 0.229 bits per heavy atom. The van der Waals surface area contributed by atoms with Gasteiger partial charge in [0.2, 0.25) is 0 Å². The molecule has 14 aromatic rings. The van der Waals surface area contributed by atoms with Crippen molar-refractivity contribution in [2.24, 2.45) is 0 Å². The molecule has 3 heterocycles. The number of nitrogens with zero attached hydrogens (tertiary/aromatic N) is 3. The van der Waals surface area contributed by atoms with Crippen LogP contribution in [0.4, 0.5) is 0 Å². The molecule has 0 unspecified atom stereocenters. The van der Waals surface area contributed by atoms with E-state index in [1.807, 2.05) is 0 Å². The topological polar surface area (TPSA) is 14.8 Å². The fourth-order valence-electron chi connectivity index (χ4n) is 11.8. The summed E-state index contributed by atoms with van der Waals surface area (Å²) in [5.41, 5.74) is 12.8. The first-order valence-corrected chi connectivity index (χ1v) is 26.2. The van der Waals surface area contributed by atoms with Crippen molar-refractivity contribution in [1.29, 1.82) is 0 Å². The van der Waals surface area contributed by atoms with Gasteiger partial charge in [0, 0.05) is 43.7 Å². The van der Waals surface area contributed by atoms with E-state index in [0.29, 0.717) is 0 Å². The van der Waals surface area contributed by atoms with E-state index in [9.17, 15) is 0 Å². The molecule has 4 heteroatoms. The first-order valence-electron chi connectivity index (χ1n) is 24.2. The number of benzene rings is 11. The van der Waals surface area contributed by atoms with Crippen LogP contribution in [0.25, 0.3) is 93.6 Å². The molecule has 14 rings (SSSR count). The van der Waals surface area contributed by atoms with E-state index in [-0.39, 0.29) is 0 Å². The highest BCUT2D eigenvalue weighted by atomic mass is 28.3. The second-order valence-electron chi connectivity index (χ2n) is 18.4. The maximum Gasteiger partial charge on any atom is 0.179 e. The molecule has 0 aliphatic rings. The number of aromatic nitrogens is 3. The van der Waals surface area contributed by atoms with Crippen molar-refractivity contribution in [3.8, 4) is 28.2 Å². The second kappa shape index (κ2) is 16.1. The van der Waals surface area contributed by atoms with Crippen LogP contribution in [0.5, 0.6) is 0 Å². The predicted molar refractivity (Wildman–Crippen MR) is 299 cm³/mol. The Morgan fingerprint density at radius 2 is 0.671 bits per heavy atom. The van der Waals surface area contributed by atoms with Gasteiger partial charge in [-0.1, -0.05) is 218 Å². The number of hydrogen-bond acceptors (Lipinski definition) is 0. The molecule has 11 aromatic carbocycles. The van der Waals surface area contributed by atoms with Crippen LogP contribution in [-0.2, 0) is 0 Å². The monoisotopic (exact) mass is 907 g/mol. The Morgan fingerprint density at radius 3 is 1.26 bits per heavy atom. The van der Waals surface area contributed by atoms with Crippen LogP contribution in [0, 0.1) is 0 Å². The molecule has 70 heavy (non-hydrogen) atoms. The molecule has 0 amide bonds. The van der Waals surface area contributed by atoms with Gasteiger partial charge in [-0.05, 0) is 86.5 Å². The maximum absolute atomic E-state index is 2.86. The van der Waals surface area contributed by atoms with Gasteiger partial charge in [-0.15, -0.1) is 0 Å². The highest BCUT2D eigenvalue weighted by molar-refractivity contribution is 7.20. The lowest BCUT2D eigenvalue weighted by molar-refractivity contribution is 1.12. The van der Waals surface area contributed by atoms with E-state index in [1.165, 1.54) is 91.8 Å². The summed E-state index contributed by atoms with van der Waals surface area (Å²) in [5.74, 6) is 0. The summed E-state index contributed by atoms with van der Waals surface area (Å²) >= 11 is 0. The third kappa shape index (κ3) is 6.00. The zero-order chi connectivity index (χ0) is 46.2. The first kappa shape index (κ1) is 40.1. The van der Waals surface area contributed by atoms with Crippen molar-refractivity contribution in [3.05, 3.63) is 273 Å². The Balaban J connectivity index is 1.10. The SMILES string of the molecule is c1ccc(-c2ccc(-n3c4ccccc4c4cccc(-n5c6ccc([Si](c7ccccc7)(c7ccccc7)c7ccccc7)cc6c6ccc(-n7c8ccccc8c8ccccc87)cc65)c43)cc2)cc1. The number of fused-ring (bicyclic) bond motifs is 9. The van der Waals surface area contributed by atoms with E-state index in [0.717, 1.165) is 22.6 Å². The first-order chi connectivity index (χ1) is 34.8.